The number of carbonyl (C=O) groups is 1. The molecule has 0 radical (unpaired) electrons. The highest BCUT2D eigenvalue weighted by atomic mass is 16.5. The van der Waals surface area contributed by atoms with Gasteiger partial charge >= 0.3 is 0 Å². The molecule has 1 aromatic rings. The fourth-order valence-electron chi connectivity index (χ4n) is 1.93. The van der Waals surface area contributed by atoms with Crippen molar-refractivity contribution in [1.29, 1.82) is 0 Å². The van der Waals surface area contributed by atoms with Crippen LogP contribution in [0.5, 0.6) is 5.75 Å². The lowest BCUT2D eigenvalue weighted by Gasteiger charge is -2.18. The Hall–Kier alpha value is -1.71. The lowest BCUT2D eigenvalue weighted by molar-refractivity contribution is -0.116. The lowest BCUT2D eigenvalue weighted by atomic mass is 10.00. The van der Waals surface area contributed by atoms with E-state index in [4.69, 9.17) is 10.5 Å². The SMILES string of the molecule is Cc1c(C)c2c(c(C)c1N)OCCC(=O)N2. The first kappa shape index (κ1) is 10.8. The third-order valence-electron chi connectivity index (χ3n) is 3.15. The molecule has 1 amide bonds. The van der Waals surface area contributed by atoms with Crippen LogP contribution in [0.4, 0.5) is 11.4 Å². The smallest absolute Gasteiger partial charge is 0.227 e. The molecule has 0 spiro atoms. The Morgan fingerprint density at radius 3 is 2.56 bits per heavy atom. The van der Waals surface area contributed by atoms with Crippen LogP contribution < -0.4 is 15.8 Å². The van der Waals surface area contributed by atoms with E-state index < -0.39 is 0 Å². The average Bonchev–Trinajstić information content (AvgIpc) is 2.45. The maximum Gasteiger partial charge on any atom is 0.227 e. The highest BCUT2D eigenvalue weighted by Gasteiger charge is 2.21. The van der Waals surface area contributed by atoms with Gasteiger partial charge in [-0.2, -0.15) is 0 Å². The summed E-state index contributed by atoms with van der Waals surface area (Å²) in [6.45, 7) is 6.22. The molecule has 1 heterocycles. The van der Waals surface area contributed by atoms with Crippen molar-refractivity contribution in [3.05, 3.63) is 16.7 Å². The Morgan fingerprint density at radius 2 is 1.88 bits per heavy atom. The monoisotopic (exact) mass is 220 g/mol. The Balaban J connectivity index is 2.68. The van der Waals surface area contributed by atoms with E-state index in [1.807, 2.05) is 20.8 Å². The van der Waals surface area contributed by atoms with Crippen molar-refractivity contribution in [2.75, 3.05) is 17.7 Å². The van der Waals surface area contributed by atoms with Crippen LogP contribution in [0.2, 0.25) is 0 Å². The van der Waals surface area contributed by atoms with Gasteiger partial charge in [0.1, 0.15) is 5.75 Å². The predicted octanol–water partition coefficient (Wildman–Crippen LogP) is 1.92. The first-order chi connectivity index (χ1) is 7.52. The summed E-state index contributed by atoms with van der Waals surface area (Å²) >= 11 is 0. The molecule has 1 aliphatic heterocycles. The summed E-state index contributed by atoms with van der Waals surface area (Å²) in [6, 6.07) is 0. The third-order valence-corrected chi connectivity index (χ3v) is 3.15. The van der Waals surface area contributed by atoms with E-state index in [0.717, 1.165) is 28.1 Å². The molecule has 4 heteroatoms. The fourth-order valence-corrected chi connectivity index (χ4v) is 1.93. The van der Waals surface area contributed by atoms with Crippen LogP contribution in [-0.4, -0.2) is 12.5 Å². The molecule has 16 heavy (non-hydrogen) atoms. The van der Waals surface area contributed by atoms with Crippen LogP contribution in [0.1, 0.15) is 23.1 Å². The highest BCUT2D eigenvalue weighted by molar-refractivity contribution is 5.95. The van der Waals surface area contributed by atoms with Crippen LogP contribution in [0.15, 0.2) is 0 Å². The number of hydrogen-bond acceptors (Lipinski definition) is 3. The zero-order chi connectivity index (χ0) is 11.9. The van der Waals surface area contributed by atoms with Crippen molar-refractivity contribution >= 4 is 17.3 Å². The second-order valence-electron chi connectivity index (χ2n) is 4.14. The summed E-state index contributed by atoms with van der Waals surface area (Å²) in [5, 5.41) is 2.88. The molecular weight excluding hydrogens is 204 g/mol. The van der Waals surface area contributed by atoms with Gasteiger partial charge in [0.15, 0.2) is 0 Å². The van der Waals surface area contributed by atoms with Gasteiger partial charge < -0.3 is 15.8 Å². The van der Waals surface area contributed by atoms with E-state index in [2.05, 4.69) is 5.32 Å². The predicted molar refractivity (Wildman–Crippen MR) is 63.8 cm³/mol. The molecule has 86 valence electrons. The zero-order valence-corrected chi connectivity index (χ0v) is 9.81. The van der Waals surface area contributed by atoms with Crippen LogP contribution in [-0.2, 0) is 4.79 Å². The van der Waals surface area contributed by atoms with E-state index >= 15 is 0 Å². The maximum atomic E-state index is 11.5. The van der Waals surface area contributed by atoms with E-state index in [0.29, 0.717) is 18.8 Å². The molecule has 0 atom stereocenters. The van der Waals surface area contributed by atoms with Crippen molar-refractivity contribution in [2.45, 2.75) is 27.2 Å². The number of benzene rings is 1. The lowest BCUT2D eigenvalue weighted by Crippen LogP contribution is -2.12. The molecule has 1 aromatic carbocycles. The van der Waals surface area contributed by atoms with Gasteiger partial charge in [0.25, 0.3) is 0 Å². The summed E-state index contributed by atoms with van der Waals surface area (Å²) in [6.07, 6.45) is 0.381. The molecule has 2 rings (SSSR count). The number of hydrogen-bond donors (Lipinski definition) is 2. The minimum Gasteiger partial charge on any atom is -0.490 e. The Kier molecular flexibility index (Phi) is 2.50. The van der Waals surface area contributed by atoms with Gasteiger partial charge in [-0.3, -0.25) is 4.79 Å². The standard InChI is InChI=1S/C12H16N2O2/c1-6-7(2)11-12(8(3)10(6)13)16-5-4-9(15)14-11/h4-5,13H2,1-3H3,(H,14,15). The topological polar surface area (TPSA) is 64.3 Å². The molecule has 4 nitrogen and oxygen atoms in total. The van der Waals surface area contributed by atoms with Crippen LogP contribution in [0.3, 0.4) is 0 Å². The number of nitrogens with two attached hydrogens (primary N) is 1. The zero-order valence-electron chi connectivity index (χ0n) is 9.81. The minimum atomic E-state index is -0.00887. The van der Waals surface area contributed by atoms with E-state index in [1.165, 1.54) is 0 Å². The van der Waals surface area contributed by atoms with Crippen molar-refractivity contribution in [3.63, 3.8) is 0 Å². The van der Waals surface area contributed by atoms with E-state index in [-0.39, 0.29) is 5.91 Å². The first-order valence-electron chi connectivity index (χ1n) is 5.34. The molecular formula is C12H16N2O2. The quantitative estimate of drug-likeness (QED) is 0.656. The van der Waals surface area contributed by atoms with Crippen LogP contribution in [0, 0.1) is 20.8 Å². The molecule has 0 fully saturated rings. The second kappa shape index (κ2) is 3.70. The van der Waals surface area contributed by atoms with Gasteiger partial charge in [-0.05, 0) is 31.9 Å². The van der Waals surface area contributed by atoms with Gasteiger partial charge in [-0.1, -0.05) is 0 Å². The number of rotatable bonds is 0. The van der Waals surface area contributed by atoms with Gasteiger partial charge in [0, 0.05) is 11.3 Å². The Bertz CT molecular complexity index is 467. The Labute approximate surface area is 94.8 Å². The number of amides is 1. The highest BCUT2D eigenvalue weighted by Crippen LogP contribution is 2.39. The molecule has 0 saturated heterocycles. The number of ether oxygens (including phenoxy) is 1. The van der Waals surface area contributed by atoms with Gasteiger partial charge in [0.05, 0.1) is 18.7 Å². The molecule has 1 aliphatic rings. The van der Waals surface area contributed by atoms with Gasteiger partial charge in [0.2, 0.25) is 5.91 Å². The second-order valence-corrected chi connectivity index (χ2v) is 4.14. The van der Waals surface area contributed by atoms with Crippen LogP contribution >= 0.6 is 0 Å². The first-order valence-corrected chi connectivity index (χ1v) is 5.34. The molecule has 0 unspecified atom stereocenters. The number of carbonyl (C=O) groups excluding carboxylic acids is 1. The normalized spacial score (nSPS) is 14.8. The summed E-state index contributed by atoms with van der Waals surface area (Å²) in [5.41, 5.74) is 10.4. The molecule has 0 saturated carbocycles. The van der Waals surface area contributed by atoms with E-state index in [1.54, 1.807) is 0 Å². The summed E-state index contributed by atoms with van der Waals surface area (Å²) in [5.74, 6) is 0.705. The molecule has 0 aromatic heterocycles. The van der Waals surface area contributed by atoms with Crippen molar-refractivity contribution in [3.8, 4) is 5.75 Å². The summed E-state index contributed by atoms with van der Waals surface area (Å²) < 4.78 is 5.60. The molecule has 0 bridgehead atoms. The molecule has 0 aliphatic carbocycles. The van der Waals surface area contributed by atoms with Crippen molar-refractivity contribution in [1.82, 2.24) is 0 Å². The summed E-state index contributed by atoms with van der Waals surface area (Å²) in [4.78, 5) is 11.5. The maximum absolute atomic E-state index is 11.5. The summed E-state index contributed by atoms with van der Waals surface area (Å²) in [7, 11) is 0. The number of nitrogen functional groups attached to an aromatic ring is 1. The minimum absolute atomic E-state index is 0.00887. The van der Waals surface area contributed by atoms with Crippen LogP contribution in [0.25, 0.3) is 0 Å². The average molecular weight is 220 g/mol. The van der Waals surface area contributed by atoms with Crippen molar-refractivity contribution in [2.24, 2.45) is 0 Å². The fraction of sp³-hybridized carbons (Fsp3) is 0.417. The van der Waals surface area contributed by atoms with E-state index in [9.17, 15) is 4.79 Å². The third kappa shape index (κ3) is 1.50. The number of anilines is 2. The van der Waals surface area contributed by atoms with Gasteiger partial charge in [-0.25, -0.2) is 0 Å². The Morgan fingerprint density at radius 1 is 1.19 bits per heavy atom. The number of fused-ring (bicyclic) bond motifs is 1. The molecule has 3 N–H and O–H groups in total. The van der Waals surface area contributed by atoms with Gasteiger partial charge in [-0.15, -0.1) is 0 Å². The number of nitrogens with one attached hydrogen (secondary N) is 1. The largest absolute Gasteiger partial charge is 0.490 e. The van der Waals surface area contributed by atoms with Crippen molar-refractivity contribution < 1.29 is 9.53 Å².